The number of likely N-dealkylation sites (tertiary alicyclic amines) is 1. The lowest BCUT2D eigenvalue weighted by Crippen LogP contribution is -2.41. The Bertz CT molecular complexity index is 320. The third-order valence-corrected chi connectivity index (χ3v) is 2.87. The van der Waals surface area contributed by atoms with E-state index in [1.165, 1.54) is 19.0 Å². The highest BCUT2D eigenvalue weighted by atomic mass is 19.4. The molecule has 1 fully saturated rings. The number of hydrogen-bond acceptors (Lipinski definition) is 2. The van der Waals surface area contributed by atoms with E-state index in [-0.39, 0.29) is 13.1 Å². The molecule has 0 N–H and O–H groups in total. The quantitative estimate of drug-likeness (QED) is 0.719. The maximum absolute atomic E-state index is 12.8. The van der Waals surface area contributed by atoms with Gasteiger partial charge in [0, 0.05) is 27.2 Å². The van der Waals surface area contributed by atoms with Gasteiger partial charge in [0.05, 0.1) is 0 Å². The minimum atomic E-state index is -5.42. The summed E-state index contributed by atoms with van der Waals surface area (Å²) < 4.78 is 76.5. The van der Waals surface area contributed by atoms with Crippen molar-refractivity contribution in [2.45, 2.75) is 31.6 Å². The van der Waals surface area contributed by atoms with Crippen molar-refractivity contribution in [3.63, 3.8) is 0 Å². The van der Waals surface area contributed by atoms with Crippen molar-refractivity contribution < 1.29 is 26.3 Å². The van der Waals surface area contributed by atoms with Crippen LogP contribution in [0.2, 0.25) is 0 Å². The Kier molecular flexibility index (Phi) is 4.63. The number of halogens is 6. The zero-order chi connectivity index (χ0) is 14.8. The van der Waals surface area contributed by atoms with Gasteiger partial charge >= 0.3 is 12.4 Å². The lowest BCUT2D eigenvalue weighted by atomic mass is 10.1. The molecule has 2 nitrogen and oxygen atoms in total. The van der Waals surface area contributed by atoms with E-state index in [1.54, 1.807) is 0 Å². The van der Waals surface area contributed by atoms with Gasteiger partial charge in [-0.15, -0.1) is 0 Å². The summed E-state index contributed by atoms with van der Waals surface area (Å²) in [6.45, 7) is 0.423. The number of nitrogens with zero attached hydrogens (tertiary/aromatic N) is 2. The summed E-state index contributed by atoms with van der Waals surface area (Å²) in [5.41, 5.74) is -2.42. The van der Waals surface area contributed by atoms with Crippen LogP contribution >= 0.6 is 0 Å². The van der Waals surface area contributed by atoms with Gasteiger partial charge in [0.1, 0.15) is 5.82 Å². The Morgan fingerprint density at radius 3 is 1.58 bits per heavy atom. The molecule has 0 aliphatic carbocycles. The number of rotatable bonds is 2. The smallest absolute Gasteiger partial charge is 0.364 e. The van der Waals surface area contributed by atoms with Crippen molar-refractivity contribution in [2.24, 2.45) is 0 Å². The summed E-state index contributed by atoms with van der Waals surface area (Å²) in [4.78, 5) is 2.06. The topological polar surface area (TPSA) is 6.48 Å². The van der Waals surface area contributed by atoms with E-state index >= 15 is 0 Å². The molecule has 0 amide bonds. The van der Waals surface area contributed by atoms with Gasteiger partial charge in [-0.2, -0.15) is 26.3 Å². The van der Waals surface area contributed by atoms with Crippen LogP contribution in [-0.4, -0.2) is 49.3 Å². The van der Waals surface area contributed by atoms with Gasteiger partial charge in [-0.05, 0) is 19.3 Å². The van der Waals surface area contributed by atoms with Gasteiger partial charge in [-0.3, -0.25) is 0 Å². The van der Waals surface area contributed by atoms with Crippen molar-refractivity contribution >= 4 is 0 Å². The van der Waals surface area contributed by atoms with E-state index in [9.17, 15) is 26.3 Å². The first kappa shape index (κ1) is 16.0. The second-order valence-corrected chi connectivity index (χ2v) is 4.64. The van der Waals surface area contributed by atoms with Crippen LogP contribution in [0.15, 0.2) is 11.4 Å². The average Bonchev–Trinajstić information content (AvgIpc) is 2.23. The number of piperidine rings is 1. The second kappa shape index (κ2) is 5.50. The van der Waals surface area contributed by atoms with E-state index in [4.69, 9.17) is 0 Å². The molecule has 0 aromatic rings. The Morgan fingerprint density at radius 2 is 1.26 bits per heavy atom. The third kappa shape index (κ3) is 3.94. The molecule has 0 atom stereocenters. The Morgan fingerprint density at radius 1 is 0.842 bits per heavy atom. The predicted octanol–water partition coefficient (Wildman–Crippen LogP) is 3.37. The summed E-state index contributed by atoms with van der Waals surface area (Å²) >= 11 is 0. The molecule has 1 aliphatic rings. The van der Waals surface area contributed by atoms with Crippen LogP contribution in [0, 0.1) is 0 Å². The Labute approximate surface area is 107 Å². The van der Waals surface area contributed by atoms with Crippen molar-refractivity contribution in [3.05, 3.63) is 11.4 Å². The van der Waals surface area contributed by atoms with E-state index < -0.39 is 23.7 Å². The fourth-order valence-electron chi connectivity index (χ4n) is 2.18. The molecule has 1 saturated heterocycles. The van der Waals surface area contributed by atoms with Gasteiger partial charge in [0.2, 0.25) is 0 Å². The van der Waals surface area contributed by atoms with Gasteiger partial charge < -0.3 is 9.80 Å². The standard InChI is InChI=1S/C11H16F6N2/c1-18(2)9(19-6-4-3-5-7-19)8(10(12,13)14)11(15,16)17/h3-7H2,1-2H3. The number of allylic oxidation sites excluding steroid dienone is 1. The highest BCUT2D eigenvalue weighted by Crippen LogP contribution is 2.42. The SMILES string of the molecule is CN(C)C(=C(C(F)(F)F)C(F)(F)F)N1CCCCC1. The molecule has 0 aromatic heterocycles. The Balaban J connectivity index is 3.33. The van der Waals surface area contributed by atoms with Crippen LogP contribution < -0.4 is 0 Å². The maximum Gasteiger partial charge on any atom is 0.424 e. The molecule has 0 radical (unpaired) electrons. The molecule has 0 bridgehead atoms. The first-order valence-electron chi connectivity index (χ1n) is 5.86. The predicted molar refractivity (Wildman–Crippen MR) is 58.2 cm³/mol. The van der Waals surface area contributed by atoms with Crippen molar-refractivity contribution in [2.75, 3.05) is 27.2 Å². The average molecular weight is 290 g/mol. The van der Waals surface area contributed by atoms with E-state index in [0.717, 1.165) is 11.3 Å². The molecular weight excluding hydrogens is 274 g/mol. The maximum atomic E-state index is 12.8. The first-order valence-corrected chi connectivity index (χ1v) is 5.86. The second-order valence-electron chi connectivity index (χ2n) is 4.64. The monoisotopic (exact) mass is 290 g/mol. The lowest BCUT2D eigenvalue weighted by Gasteiger charge is -2.37. The molecule has 0 aromatic carbocycles. The van der Waals surface area contributed by atoms with Crippen LogP contribution in [0.4, 0.5) is 26.3 Å². The molecule has 8 heteroatoms. The van der Waals surface area contributed by atoms with Crippen LogP contribution in [0.5, 0.6) is 0 Å². The molecule has 1 heterocycles. The first-order chi connectivity index (χ1) is 8.55. The Hall–Kier alpha value is -1.08. The lowest BCUT2D eigenvalue weighted by molar-refractivity contribution is -0.176. The molecule has 112 valence electrons. The summed E-state index contributed by atoms with van der Waals surface area (Å²) in [5, 5.41) is 0. The minimum Gasteiger partial charge on any atom is -0.364 e. The summed E-state index contributed by atoms with van der Waals surface area (Å²) in [7, 11) is 2.39. The van der Waals surface area contributed by atoms with Gasteiger partial charge in [0.15, 0.2) is 5.57 Å². The fraction of sp³-hybridized carbons (Fsp3) is 0.818. The van der Waals surface area contributed by atoms with Crippen LogP contribution in [-0.2, 0) is 0 Å². The van der Waals surface area contributed by atoms with E-state index in [0.29, 0.717) is 12.8 Å². The van der Waals surface area contributed by atoms with Crippen molar-refractivity contribution in [3.8, 4) is 0 Å². The van der Waals surface area contributed by atoms with E-state index in [2.05, 4.69) is 0 Å². The zero-order valence-corrected chi connectivity index (χ0v) is 10.7. The van der Waals surface area contributed by atoms with Gasteiger partial charge in [-0.1, -0.05) is 0 Å². The zero-order valence-electron chi connectivity index (χ0n) is 10.7. The normalized spacial score (nSPS) is 17.4. The fourth-order valence-corrected chi connectivity index (χ4v) is 2.18. The van der Waals surface area contributed by atoms with Gasteiger partial charge in [0.25, 0.3) is 0 Å². The highest BCUT2D eigenvalue weighted by molar-refractivity contribution is 5.22. The largest absolute Gasteiger partial charge is 0.424 e. The third-order valence-electron chi connectivity index (χ3n) is 2.87. The van der Waals surface area contributed by atoms with Crippen LogP contribution in [0.3, 0.4) is 0 Å². The molecule has 1 aliphatic heterocycles. The highest BCUT2D eigenvalue weighted by Gasteiger charge is 2.54. The number of alkyl halides is 6. The molecule has 0 saturated carbocycles. The molecule has 0 spiro atoms. The molecule has 19 heavy (non-hydrogen) atoms. The van der Waals surface area contributed by atoms with Crippen molar-refractivity contribution in [1.29, 1.82) is 0 Å². The summed E-state index contributed by atoms with van der Waals surface area (Å²) in [6, 6.07) is 0. The minimum absolute atomic E-state index is 0.211. The van der Waals surface area contributed by atoms with Gasteiger partial charge in [-0.25, -0.2) is 0 Å². The van der Waals surface area contributed by atoms with Crippen LogP contribution in [0.1, 0.15) is 19.3 Å². The van der Waals surface area contributed by atoms with Crippen LogP contribution in [0.25, 0.3) is 0 Å². The van der Waals surface area contributed by atoms with E-state index in [1.807, 2.05) is 0 Å². The summed E-state index contributed by atoms with van der Waals surface area (Å²) in [6.07, 6.45) is -8.82. The molecule has 0 unspecified atom stereocenters. The number of hydrogen-bond donors (Lipinski definition) is 0. The summed E-state index contributed by atoms with van der Waals surface area (Å²) in [5.74, 6) is -0.792. The molecule has 1 rings (SSSR count). The van der Waals surface area contributed by atoms with Crippen molar-refractivity contribution in [1.82, 2.24) is 9.80 Å². The molecular formula is C11H16F6N2.